The minimum Gasteiger partial charge on any atom is -0.461 e. The maximum atomic E-state index is 13.7. The molecule has 0 radical (unpaired) electrons. The second kappa shape index (κ2) is 11.4. The fourth-order valence-electron chi connectivity index (χ4n) is 5.65. The van der Waals surface area contributed by atoms with Gasteiger partial charge in [-0.25, -0.2) is 0 Å². The molecule has 8 heteroatoms. The molecule has 2 aromatic rings. The van der Waals surface area contributed by atoms with Crippen molar-refractivity contribution < 1.29 is 23.9 Å². The van der Waals surface area contributed by atoms with Crippen LogP contribution in [-0.4, -0.2) is 71.5 Å². The van der Waals surface area contributed by atoms with Gasteiger partial charge in [-0.1, -0.05) is 60.7 Å². The number of ether oxygens (including phenoxy) is 2. The molecule has 0 aromatic heterocycles. The fourth-order valence-corrected chi connectivity index (χ4v) is 5.65. The van der Waals surface area contributed by atoms with Crippen molar-refractivity contribution in [3.63, 3.8) is 0 Å². The van der Waals surface area contributed by atoms with E-state index in [0.29, 0.717) is 39.1 Å². The van der Waals surface area contributed by atoms with Gasteiger partial charge in [-0.3, -0.25) is 19.3 Å². The van der Waals surface area contributed by atoms with Crippen molar-refractivity contribution in [2.75, 3.05) is 26.2 Å². The van der Waals surface area contributed by atoms with E-state index in [1.165, 1.54) is 5.56 Å². The summed E-state index contributed by atoms with van der Waals surface area (Å²) in [5.74, 6) is -0.901. The molecule has 37 heavy (non-hydrogen) atoms. The topological polar surface area (TPSA) is 88.2 Å². The smallest absolute Gasteiger partial charge is 0.308 e. The highest BCUT2D eigenvalue weighted by Gasteiger charge is 2.54. The Bertz CT molecular complexity index is 1080. The van der Waals surface area contributed by atoms with Crippen LogP contribution in [0.1, 0.15) is 43.2 Å². The predicted octanol–water partition coefficient (Wildman–Crippen LogP) is 2.66. The number of piperidine rings is 1. The van der Waals surface area contributed by atoms with E-state index in [2.05, 4.69) is 22.3 Å². The fraction of sp³-hybridized carbons (Fsp3) is 0.483. The maximum Gasteiger partial charge on any atom is 0.308 e. The van der Waals surface area contributed by atoms with Gasteiger partial charge in [0.05, 0.1) is 12.5 Å². The highest BCUT2D eigenvalue weighted by atomic mass is 16.5. The van der Waals surface area contributed by atoms with E-state index in [9.17, 15) is 14.4 Å². The Morgan fingerprint density at radius 3 is 2.32 bits per heavy atom. The number of hydrogen-bond acceptors (Lipinski definition) is 6. The van der Waals surface area contributed by atoms with Crippen molar-refractivity contribution in [1.82, 2.24) is 15.1 Å². The van der Waals surface area contributed by atoms with Gasteiger partial charge in [-0.15, -0.1) is 0 Å². The first-order valence-electron chi connectivity index (χ1n) is 13.2. The summed E-state index contributed by atoms with van der Waals surface area (Å²) in [5.41, 5.74) is 1.18. The van der Waals surface area contributed by atoms with E-state index in [1.54, 1.807) is 4.90 Å². The molecule has 8 nitrogen and oxygen atoms in total. The summed E-state index contributed by atoms with van der Waals surface area (Å²) >= 11 is 0. The molecule has 196 valence electrons. The molecule has 2 aromatic carbocycles. The molecular formula is C29H35N3O5. The number of esters is 1. The molecule has 0 aliphatic carbocycles. The molecule has 0 saturated carbocycles. The van der Waals surface area contributed by atoms with Crippen LogP contribution in [0.2, 0.25) is 0 Å². The summed E-state index contributed by atoms with van der Waals surface area (Å²) in [7, 11) is 0. The molecule has 3 saturated heterocycles. The summed E-state index contributed by atoms with van der Waals surface area (Å²) in [6.07, 6.45) is 2.65. The van der Waals surface area contributed by atoms with Gasteiger partial charge in [0.25, 0.3) is 0 Å². The Labute approximate surface area is 217 Å². The highest BCUT2D eigenvalue weighted by Crippen LogP contribution is 2.35. The van der Waals surface area contributed by atoms with E-state index in [0.717, 1.165) is 24.9 Å². The van der Waals surface area contributed by atoms with Crippen LogP contribution in [0.3, 0.4) is 0 Å². The van der Waals surface area contributed by atoms with Gasteiger partial charge in [0.1, 0.15) is 18.2 Å². The zero-order chi connectivity index (χ0) is 25.7. The number of carbonyl (C=O) groups excluding carboxylic acids is 3. The van der Waals surface area contributed by atoms with E-state index < -0.39 is 17.6 Å². The zero-order valence-corrected chi connectivity index (χ0v) is 21.1. The highest BCUT2D eigenvalue weighted by molar-refractivity contribution is 6.01. The maximum absolute atomic E-state index is 13.7. The van der Waals surface area contributed by atoms with Crippen LogP contribution in [0.25, 0.3) is 0 Å². The molecule has 0 bridgehead atoms. The van der Waals surface area contributed by atoms with Gasteiger partial charge in [0.15, 0.2) is 0 Å². The molecule has 3 aliphatic rings. The number of hydrogen-bond donors (Lipinski definition) is 1. The third-order valence-corrected chi connectivity index (χ3v) is 7.76. The number of rotatable bonds is 8. The van der Waals surface area contributed by atoms with Gasteiger partial charge < -0.3 is 19.7 Å². The Morgan fingerprint density at radius 2 is 1.68 bits per heavy atom. The summed E-state index contributed by atoms with van der Waals surface area (Å²) < 4.78 is 11.2. The lowest BCUT2D eigenvalue weighted by atomic mass is 9.81. The van der Waals surface area contributed by atoms with Gasteiger partial charge >= 0.3 is 5.97 Å². The molecule has 3 fully saturated rings. The van der Waals surface area contributed by atoms with Crippen LogP contribution in [0.5, 0.6) is 0 Å². The molecule has 3 heterocycles. The van der Waals surface area contributed by atoms with E-state index >= 15 is 0 Å². The number of likely N-dealkylation sites (tertiary alicyclic amines) is 1. The van der Waals surface area contributed by atoms with Gasteiger partial charge in [0.2, 0.25) is 11.8 Å². The number of nitrogens with zero attached hydrogens (tertiary/aromatic N) is 2. The van der Waals surface area contributed by atoms with Crippen LogP contribution in [-0.2, 0) is 37.0 Å². The van der Waals surface area contributed by atoms with Crippen LogP contribution >= 0.6 is 0 Å². The molecule has 2 atom stereocenters. The second-order valence-corrected chi connectivity index (χ2v) is 10.3. The summed E-state index contributed by atoms with van der Waals surface area (Å²) in [5, 5.41) is 2.88. The Morgan fingerprint density at radius 1 is 1.00 bits per heavy atom. The lowest BCUT2D eigenvalue weighted by Gasteiger charge is -2.52. The molecule has 1 spiro atoms. The Balaban J connectivity index is 1.26. The molecule has 1 N–H and O–H groups in total. The molecule has 2 unspecified atom stereocenters. The predicted molar refractivity (Wildman–Crippen MR) is 137 cm³/mol. The number of amides is 2. The van der Waals surface area contributed by atoms with Crippen LogP contribution < -0.4 is 5.32 Å². The summed E-state index contributed by atoms with van der Waals surface area (Å²) in [4.78, 5) is 44.0. The van der Waals surface area contributed by atoms with Crippen molar-refractivity contribution in [2.24, 2.45) is 0 Å². The van der Waals surface area contributed by atoms with Crippen LogP contribution in [0, 0.1) is 0 Å². The SMILES string of the molecule is O=C(CC1NC(=O)C2(CCN(Cc3ccccc3)CC2)N(CC2CCCO2)C1=O)OCc1ccccc1. The largest absolute Gasteiger partial charge is 0.461 e. The second-order valence-electron chi connectivity index (χ2n) is 10.3. The van der Waals surface area contributed by atoms with E-state index in [4.69, 9.17) is 9.47 Å². The van der Waals surface area contributed by atoms with Gasteiger partial charge in [-0.2, -0.15) is 0 Å². The van der Waals surface area contributed by atoms with Gasteiger partial charge in [-0.05, 0) is 36.8 Å². The van der Waals surface area contributed by atoms with Crippen molar-refractivity contribution in [3.05, 3.63) is 71.8 Å². The van der Waals surface area contributed by atoms with Crippen molar-refractivity contribution in [1.29, 1.82) is 0 Å². The van der Waals surface area contributed by atoms with E-state index in [-0.39, 0.29) is 30.9 Å². The normalized spacial score (nSPS) is 23.7. The average Bonchev–Trinajstić information content (AvgIpc) is 3.44. The number of piperazine rings is 1. The summed E-state index contributed by atoms with van der Waals surface area (Å²) in [6, 6.07) is 18.7. The molecule has 2 amide bonds. The third-order valence-electron chi connectivity index (χ3n) is 7.76. The molecule has 5 rings (SSSR count). The Hall–Kier alpha value is -3.23. The summed E-state index contributed by atoms with van der Waals surface area (Å²) in [6.45, 7) is 3.42. The lowest BCUT2D eigenvalue weighted by molar-refractivity contribution is -0.165. The molecular weight excluding hydrogens is 470 g/mol. The van der Waals surface area contributed by atoms with Crippen molar-refractivity contribution in [3.8, 4) is 0 Å². The Kier molecular flexibility index (Phi) is 7.86. The first-order chi connectivity index (χ1) is 18.0. The number of nitrogens with one attached hydrogen (secondary N) is 1. The monoisotopic (exact) mass is 505 g/mol. The lowest BCUT2D eigenvalue weighted by Crippen LogP contribution is -2.73. The minimum absolute atomic E-state index is 0.0836. The van der Waals surface area contributed by atoms with Crippen molar-refractivity contribution in [2.45, 2.75) is 62.9 Å². The minimum atomic E-state index is -0.926. The zero-order valence-electron chi connectivity index (χ0n) is 21.1. The number of benzene rings is 2. The third kappa shape index (κ3) is 5.86. The standard InChI is InChI=1S/C29H35N3O5/c33-26(37-21-23-10-5-2-6-11-23)18-25-27(34)32(20-24-12-7-17-36-24)29(28(35)30-25)13-15-31(16-14-29)19-22-8-3-1-4-9-22/h1-6,8-11,24-25H,7,12-21H2,(H,30,35). The van der Waals surface area contributed by atoms with Crippen LogP contribution in [0.15, 0.2) is 60.7 Å². The number of carbonyl (C=O) groups is 3. The van der Waals surface area contributed by atoms with E-state index in [1.807, 2.05) is 48.5 Å². The van der Waals surface area contributed by atoms with Crippen molar-refractivity contribution >= 4 is 17.8 Å². The average molecular weight is 506 g/mol. The first kappa shape index (κ1) is 25.4. The van der Waals surface area contributed by atoms with Gasteiger partial charge in [0, 0.05) is 32.8 Å². The molecule has 3 aliphatic heterocycles. The van der Waals surface area contributed by atoms with Crippen LogP contribution in [0.4, 0.5) is 0 Å². The quantitative estimate of drug-likeness (QED) is 0.555. The first-order valence-corrected chi connectivity index (χ1v) is 13.2.